The Morgan fingerprint density at radius 3 is 2.59 bits per heavy atom. The fourth-order valence-electron chi connectivity index (χ4n) is 2.93. The number of carbonyl (C=O) groups is 3. The molecule has 148 valence electrons. The van der Waals surface area contributed by atoms with Crippen molar-refractivity contribution >= 4 is 52.2 Å². The number of thiocarbonyl (C=S) groups is 1. The molecule has 3 rings (SSSR count). The van der Waals surface area contributed by atoms with Gasteiger partial charge in [0.15, 0.2) is 0 Å². The predicted octanol–water partition coefficient (Wildman–Crippen LogP) is 4.12. The molecule has 2 N–H and O–H groups in total. The number of carboxylic acid groups (broad SMARTS) is 2. The van der Waals surface area contributed by atoms with Crippen LogP contribution in [0.2, 0.25) is 0 Å². The summed E-state index contributed by atoms with van der Waals surface area (Å²) in [6, 6.07) is 14.0. The zero-order valence-corrected chi connectivity index (χ0v) is 16.8. The first-order valence-electron chi connectivity index (χ1n) is 8.77. The monoisotopic (exact) mass is 427 g/mol. The van der Waals surface area contributed by atoms with E-state index < -0.39 is 11.9 Å². The second-order valence-corrected chi connectivity index (χ2v) is 7.98. The van der Waals surface area contributed by atoms with Crippen molar-refractivity contribution in [1.82, 2.24) is 4.90 Å². The van der Waals surface area contributed by atoms with Crippen LogP contribution in [0.5, 0.6) is 0 Å². The van der Waals surface area contributed by atoms with Gasteiger partial charge in [0, 0.05) is 13.0 Å². The second-order valence-electron chi connectivity index (χ2n) is 6.30. The topological polar surface area (TPSA) is 94.9 Å². The number of carbonyl (C=O) groups excluding carboxylic acids is 1. The quantitative estimate of drug-likeness (QED) is 0.507. The molecule has 1 saturated heterocycles. The molecule has 6 nitrogen and oxygen atoms in total. The van der Waals surface area contributed by atoms with Crippen LogP contribution in [-0.2, 0) is 9.59 Å². The van der Waals surface area contributed by atoms with Gasteiger partial charge in [-0.05, 0) is 41.3 Å². The molecule has 0 aromatic heterocycles. The van der Waals surface area contributed by atoms with E-state index in [1.54, 1.807) is 18.2 Å². The molecule has 0 radical (unpaired) electrons. The number of aliphatic carboxylic acids is 1. The SMILES string of the molecule is O=C(O)CCCN1C(=O)C(=Cc2ccccc2-c2cccc(C(=O)O)c2)SC1=S. The fraction of sp³-hybridized carbons (Fsp3) is 0.143. The minimum atomic E-state index is -1.01. The van der Waals surface area contributed by atoms with Gasteiger partial charge in [0.05, 0.1) is 10.5 Å². The molecule has 1 fully saturated rings. The Kier molecular flexibility index (Phi) is 6.46. The average Bonchev–Trinajstić information content (AvgIpc) is 2.95. The minimum Gasteiger partial charge on any atom is -0.481 e. The smallest absolute Gasteiger partial charge is 0.335 e. The third kappa shape index (κ3) is 4.90. The lowest BCUT2D eigenvalue weighted by Gasteiger charge is -2.13. The van der Waals surface area contributed by atoms with Gasteiger partial charge in [-0.3, -0.25) is 14.5 Å². The van der Waals surface area contributed by atoms with E-state index in [1.807, 2.05) is 30.3 Å². The maximum Gasteiger partial charge on any atom is 0.335 e. The van der Waals surface area contributed by atoms with Crippen molar-refractivity contribution in [2.75, 3.05) is 6.54 Å². The first-order valence-corrected chi connectivity index (χ1v) is 9.99. The van der Waals surface area contributed by atoms with Crippen LogP contribution in [0.3, 0.4) is 0 Å². The summed E-state index contributed by atoms with van der Waals surface area (Å²) >= 11 is 6.45. The number of nitrogens with zero attached hydrogens (tertiary/aromatic N) is 1. The van der Waals surface area contributed by atoms with Crippen molar-refractivity contribution in [3.63, 3.8) is 0 Å². The first-order chi connectivity index (χ1) is 13.9. The molecule has 2 aromatic carbocycles. The Morgan fingerprint density at radius 1 is 1.10 bits per heavy atom. The van der Waals surface area contributed by atoms with Crippen LogP contribution in [0, 0.1) is 0 Å². The molecule has 2 aromatic rings. The maximum absolute atomic E-state index is 12.7. The van der Waals surface area contributed by atoms with Gasteiger partial charge >= 0.3 is 11.9 Å². The van der Waals surface area contributed by atoms with Crippen LogP contribution in [0.1, 0.15) is 28.8 Å². The number of benzene rings is 2. The van der Waals surface area contributed by atoms with Crippen molar-refractivity contribution in [2.24, 2.45) is 0 Å². The Morgan fingerprint density at radius 2 is 1.86 bits per heavy atom. The summed E-state index contributed by atoms with van der Waals surface area (Å²) in [5.74, 6) is -2.17. The summed E-state index contributed by atoms with van der Waals surface area (Å²) in [6.45, 7) is 0.261. The molecule has 0 bridgehead atoms. The van der Waals surface area contributed by atoms with E-state index in [0.717, 1.165) is 16.7 Å². The van der Waals surface area contributed by atoms with E-state index >= 15 is 0 Å². The van der Waals surface area contributed by atoms with E-state index in [1.165, 1.54) is 22.7 Å². The molecule has 0 aliphatic carbocycles. The molecule has 0 atom stereocenters. The van der Waals surface area contributed by atoms with Crippen molar-refractivity contribution in [3.05, 3.63) is 64.6 Å². The maximum atomic E-state index is 12.7. The second kappa shape index (κ2) is 9.02. The van der Waals surface area contributed by atoms with Gasteiger partial charge < -0.3 is 10.2 Å². The van der Waals surface area contributed by atoms with Gasteiger partial charge in [-0.1, -0.05) is 60.4 Å². The Balaban J connectivity index is 1.89. The van der Waals surface area contributed by atoms with Crippen molar-refractivity contribution in [3.8, 4) is 11.1 Å². The molecule has 0 spiro atoms. The standard InChI is InChI=1S/C21H17NO5S2/c23-18(24)9-4-10-22-19(25)17(29-21(22)28)12-14-5-1-2-8-16(14)13-6-3-7-15(11-13)20(26)27/h1-3,5-8,11-12H,4,9-10H2,(H,23,24)(H,26,27). The van der Waals surface area contributed by atoms with E-state index in [2.05, 4.69) is 0 Å². The van der Waals surface area contributed by atoms with Crippen molar-refractivity contribution in [2.45, 2.75) is 12.8 Å². The lowest BCUT2D eigenvalue weighted by atomic mass is 9.97. The predicted molar refractivity (Wildman–Crippen MR) is 116 cm³/mol. The van der Waals surface area contributed by atoms with Crippen LogP contribution in [-0.4, -0.2) is 43.8 Å². The van der Waals surface area contributed by atoms with Gasteiger partial charge in [-0.25, -0.2) is 4.79 Å². The largest absolute Gasteiger partial charge is 0.481 e. The van der Waals surface area contributed by atoms with E-state index in [4.69, 9.17) is 17.3 Å². The fourth-order valence-corrected chi connectivity index (χ4v) is 4.23. The van der Waals surface area contributed by atoms with E-state index in [9.17, 15) is 19.5 Å². The number of hydrogen-bond donors (Lipinski definition) is 2. The normalized spacial score (nSPS) is 15.2. The number of thioether (sulfide) groups is 1. The molecular weight excluding hydrogens is 410 g/mol. The molecule has 0 saturated carbocycles. The highest BCUT2D eigenvalue weighted by atomic mass is 32.2. The summed E-state index contributed by atoms with van der Waals surface area (Å²) in [5, 5.41) is 18.0. The number of hydrogen-bond acceptors (Lipinski definition) is 5. The summed E-state index contributed by atoms with van der Waals surface area (Å²) in [4.78, 5) is 36.5. The number of carboxylic acids is 2. The minimum absolute atomic E-state index is 0.0289. The Hall–Kier alpha value is -2.97. The highest BCUT2D eigenvalue weighted by Gasteiger charge is 2.31. The van der Waals surface area contributed by atoms with Gasteiger partial charge in [-0.15, -0.1) is 0 Å². The third-order valence-corrected chi connectivity index (χ3v) is 5.69. The molecule has 8 heteroatoms. The van der Waals surface area contributed by atoms with E-state index in [-0.39, 0.29) is 24.4 Å². The van der Waals surface area contributed by atoms with Crippen molar-refractivity contribution in [1.29, 1.82) is 0 Å². The average molecular weight is 428 g/mol. The zero-order chi connectivity index (χ0) is 21.0. The number of rotatable bonds is 7. The summed E-state index contributed by atoms with van der Waals surface area (Å²) in [7, 11) is 0. The molecular formula is C21H17NO5S2. The zero-order valence-electron chi connectivity index (χ0n) is 15.2. The van der Waals surface area contributed by atoms with Crippen LogP contribution in [0.25, 0.3) is 17.2 Å². The van der Waals surface area contributed by atoms with Gasteiger partial charge in [0.1, 0.15) is 4.32 Å². The summed E-state index contributed by atoms with van der Waals surface area (Å²) in [6.07, 6.45) is 2.03. The summed E-state index contributed by atoms with van der Waals surface area (Å²) < 4.78 is 0.400. The first kappa shape index (κ1) is 20.8. The van der Waals surface area contributed by atoms with E-state index in [0.29, 0.717) is 15.6 Å². The molecule has 1 aliphatic heterocycles. The summed E-state index contributed by atoms with van der Waals surface area (Å²) in [5.41, 5.74) is 2.48. The van der Waals surface area contributed by atoms with Crippen LogP contribution in [0.4, 0.5) is 0 Å². The lowest BCUT2D eigenvalue weighted by Crippen LogP contribution is -2.29. The Bertz CT molecular complexity index is 1030. The van der Waals surface area contributed by atoms with Crippen LogP contribution < -0.4 is 0 Å². The van der Waals surface area contributed by atoms with Gasteiger partial charge in [-0.2, -0.15) is 0 Å². The van der Waals surface area contributed by atoms with Crippen LogP contribution in [0.15, 0.2) is 53.4 Å². The van der Waals surface area contributed by atoms with Gasteiger partial charge in [0.25, 0.3) is 5.91 Å². The number of aromatic carboxylic acids is 1. The molecule has 0 unspecified atom stereocenters. The van der Waals surface area contributed by atoms with Crippen molar-refractivity contribution < 1.29 is 24.6 Å². The third-order valence-electron chi connectivity index (χ3n) is 4.31. The molecule has 29 heavy (non-hydrogen) atoms. The molecule has 1 amide bonds. The molecule has 1 heterocycles. The lowest BCUT2D eigenvalue weighted by molar-refractivity contribution is -0.137. The highest BCUT2D eigenvalue weighted by molar-refractivity contribution is 8.26. The van der Waals surface area contributed by atoms with Gasteiger partial charge in [0.2, 0.25) is 0 Å². The Labute approximate surface area is 176 Å². The number of amides is 1. The highest BCUT2D eigenvalue weighted by Crippen LogP contribution is 2.35. The van der Waals surface area contributed by atoms with Crippen LogP contribution >= 0.6 is 24.0 Å². The molecule has 1 aliphatic rings.